The van der Waals surface area contributed by atoms with Gasteiger partial charge in [-0.15, -0.1) is 0 Å². The van der Waals surface area contributed by atoms with Gasteiger partial charge in [-0.2, -0.15) is 0 Å². The molecule has 0 bridgehead atoms. The molecular formula is C28H32Cl2N2O5S. The van der Waals surface area contributed by atoms with E-state index in [2.05, 4.69) is 0 Å². The van der Waals surface area contributed by atoms with Gasteiger partial charge in [-0.25, -0.2) is 12.7 Å². The molecule has 204 valence electrons. The van der Waals surface area contributed by atoms with Crippen molar-refractivity contribution in [2.45, 2.75) is 62.3 Å². The Morgan fingerprint density at radius 1 is 1.11 bits per heavy atom. The van der Waals surface area contributed by atoms with Crippen LogP contribution in [-0.4, -0.2) is 59.5 Å². The lowest BCUT2D eigenvalue weighted by Crippen LogP contribution is -2.53. The number of benzene rings is 2. The van der Waals surface area contributed by atoms with E-state index in [-0.39, 0.29) is 35.7 Å². The molecule has 1 heterocycles. The molecule has 38 heavy (non-hydrogen) atoms. The summed E-state index contributed by atoms with van der Waals surface area (Å²) in [4.78, 5) is 28.1. The number of hydrogen-bond donors (Lipinski definition) is 1. The number of rotatable bonds is 9. The highest BCUT2D eigenvalue weighted by Crippen LogP contribution is 2.65. The van der Waals surface area contributed by atoms with Gasteiger partial charge < -0.3 is 10.0 Å². The van der Waals surface area contributed by atoms with E-state index in [1.54, 1.807) is 25.2 Å². The molecule has 0 unspecified atom stereocenters. The summed E-state index contributed by atoms with van der Waals surface area (Å²) in [5.41, 5.74) is 0.842. The largest absolute Gasteiger partial charge is 0.481 e. The number of piperidine rings is 1. The summed E-state index contributed by atoms with van der Waals surface area (Å²) in [6.45, 7) is 2.19. The molecule has 3 aliphatic rings. The van der Waals surface area contributed by atoms with Crippen molar-refractivity contribution in [1.29, 1.82) is 0 Å². The van der Waals surface area contributed by atoms with E-state index < -0.39 is 27.3 Å². The second-order valence-electron chi connectivity index (χ2n) is 11.0. The van der Waals surface area contributed by atoms with Crippen molar-refractivity contribution in [2.75, 3.05) is 13.6 Å². The SMILES string of the molecule is C[C@@H](CCN(C)S(=O)(=O)C1CC1)N1C(=O)[C@@]2(C[C@H](c3cccc(Cl)c3)[C@H]1c1ccc(Cl)cc1)C[C@H]2C(=O)O. The third kappa shape index (κ3) is 4.96. The maximum absolute atomic E-state index is 14.2. The van der Waals surface area contributed by atoms with Crippen molar-refractivity contribution >= 4 is 45.1 Å². The zero-order chi connectivity index (χ0) is 27.4. The van der Waals surface area contributed by atoms with Gasteiger partial charge in [0.25, 0.3) is 0 Å². The number of sulfonamides is 1. The minimum atomic E-state index is -3.34. The van der Waals surface area contributed by atoms with Crippen LogP contribution in [0.3, 0.4) is 0 Å². The van der Waals surface area contributed by atoms with E-state index in [9.17, 15) is 23.1 Å². The summed E-state index contributed by atoms with van der Waals surface area (Å²) < 4.78 is 26.8. The average Bonchev–Trinajstić information content (AvgIpc) is 3.79. The average molecular weight is 580 g/mol. The lowest BCUT2D eigenvalue weighted by atomic mass is 9.72. The lowest BCUT2D eigenvalue weighted by Gasteiger charge is -2.48. The highest BCUT2D eigenvalue weighted by molar-refractivity contribution is 7.90. The van der Waals surface area contributed by atoms with Crippen LogP contribution in [-0.2, 0) is 19.6 Å². The Bertz CT molecular complexity index is 1350. The summed E-state index contributed by atoms with van der Waals surface area (Å²) in [7, 11) is -1.75. The second-order valence-corrected chi connectivity index (χ2v) is 14.2. The van der Waals surface area contributed by atoms with E-state index >= 15 is 0 Å². The number of carbonyl (C=O) groups excluding carboxylic acids is 1. The standard InChI is InChI=1S/C28H32Cl2N2O5S/c1-17(12-13-31(2)38(36,37)22-10-11-22)32-25(18-6-8-20(29)9-7-18)23(19-4-3-5-21(30)14-19)15-28(27(32)35)16-24(28)26(33)34/h3-9,14,17,22-25H,10-13,15-16H2,1-2H3,(H,33,34)/t17-,23+,24-,25+,28-/m0/s1. The molecule has 1 aliphatic heterocycles. The Balaban J connectivity index is 1.54. The molecule has 1 N–H and O–H groups in total. The third-order valence-corrected chi connectivity index (χ3v) is 11.4. The van der Waals surface area contributed by atoms with Crippen LogP contribution in [0.1, 0.15) is 62.1 Å². The topological polar surface area (TPSA) is 95.0 Å². The second kappa shape index (κ2) is 10.1. The van der Waals surface area contributed by atoms with Crippen LogP contribution < -0.4 is 0 Å². The molecule has 3 fully saturated rings. The van der Waals surface area contributed by atoms with Crippen molar-refractivity contribution in [1.82, 2.24) is 9.21 Å². The molecule has 1 saturated heterocycles. The fraction of sp³-hybridized carbons (Fsp3) is 0.500. The van der Waals surface area contributed by atoms with Crippen LogP contribution in [0.5, 0.6) is 0 Å². The highest BCUT2D eigenvalue weighted by atomic mass is 35.5. The van der Waals surface area contributed by atoms with Crippen molar-refractivity contribution in [2.24, 2.45) is 11.3 Å². The van der Waals surface area contributed by atoms with Crippen LogP contribution in [0.2, 0.25) is 10.0 Å². The summed E-state index contributed by atoms with van der Waals surface area (Å²) in [6, 6.07) is 14.2. The smallest absolute Gasteiger partial charge is 0.307 e. The van der Waals surface area contributed by atoms with Crippen molar-refractivity contribution in [3.8, 4) is 0 Å². The summed E-state index contributed by atoms with van der Waals surface area (Å²) >= 11 is 12.6. The summed E-state index contributed by atoms with van der Waals surface area (Å²) in [5.74, 6) is -2.08. The third-order valence-electron chi connectivity index (χ3n) is 8.50. The zero-order valence-electron chi connectivity index (χ0n) is 21.4. The Morgan fingerprint density at radius 2 is 1.79 bits per heavy atom. The number of carboxylic acid groups (broad SMARTS) is 1. The van der Waals surface area contributed by atoms with E-state index in [0.29, 0.717) is 42.1 Å². The Hall–Kier alpha value is -2.13. The van der Waals surface area contributed by atoms with Crippen LogP contribution >= 0.6 is 23.2 Å². The molecule has 0 aromatic heterocycles. The van der Waals surface area contributed by atoms with Crippen LogP contribution in [0.25, 0.3) is 0 Å². The van der Waals surface area contributed by atoms with Crippen molar-refractivity contribution in [3.05, 3.63) is 69.7 Å². The molecule has 2 aromatic rings. The van der Waals surface area contributed by atoms with Gasteiger partial charge in [-0.1, -0.05) is 47.5 Å². The van der Waals surface area contributed by atoms with Gasteiger partial charge >= 0.3 is 5.97 Å². The van der Waals surface area contributed by atoms with Crippen LogP contribution in [0.4, 0.5) is 0 Å². The number of hydrogen-bond acceptors (Lipinski definition) is 4. The summed E-state index contributed by atoms with van der Waals surface area (Å²) in [6.07, 6.45) is 2.49. The van der Waals surface area contributed by atoms with Crippen molar-refractivity contribution in [3.63, 3.8) is 0 Å². The molecule has 10 heteroatoms. The Labute approximate surface area is 233 Å². The van der Waals surface area contributed by atoms with Gasteiger partial charge in [0.2, 0.25) is 15.9 Å². The number of carbonyl (C=O) groups is 2. The Kier molecular flexibility index (Phi) is 7.31. The minimum absolute atomic E-state index is 0.177. The maximum Gasteiger partial charge on any atom is 0.307 e. The fourth-order valence-corrected chi connectivity index (χ4v) is 8.00. The molecule has 7 nitrogen and oxygen atoms in total. The first kappa shape index (κ1) is 27.4. The van der Waals surface area contributed by atoms with Gasteiger partial charge in [0.1, 0.15) is 0 Å². The predicted molar refractivity (Wildman–Crippen MR) is 147 cm³/mol. The molecule has 1 spiro atoms. The van der Waals surface area contributed by atoms with Crippen LogP contribution in [0, 0.1) is 11.3 Å². The van der Waals surface area contributed by atoms with E-state index in [4.69, 9.17) is 23.2 Å². The quantitative estimate of drug-likeness (QED) is 0.433. The van der Waals surface area contributed by atoms with Gasteiger partial charge in [0, 0.05) is 35.6 Å². The van der Waals surface area contributed by atoms with Gasteiger partial charge in [-0.05, 0) is 74.4 Å². The molecule has 5 atom stereocenters. The predicted octanol–water partition coefficient (Wildman–Crippen LogP) is 5.34. The van der Waals surface area contributed by atoms with Crippen molar-refractivity contribution < 1.29 is 23.1 Å². The minimum Gasteiger partial charge on any atom is -0.481 e. The van der Waals surface area contributed by atoms with Gasteiger partial charge in [0.05, 0.1) is 22.6 Å². The Morgan fingerprint density at radius 3 is 2.37 bits per heavy atom. The van der Waals surface area contributed by atoms with E-state index in [1.165, 1.54) is 4.31 Å². The number of amides is 1. The zero-order valence-corrected chi connectivity index (χ0v) is 23.7. The number of likely N-dealkylation sites (tertiary alicyclic amines) is 1. The molecule has 2 saturated carbocycles. The molecule has 2 aromatic carbocycles. The molecule has 1 amide bonds. The van der Waals surface area contributed by atoms with Gasteiger partial charge in [-0.3, -0.25) is 9.59 Å². The summed E-state index contributed by atoms with van der Waals surface area (Å²) in [5, 5.41) is 10.7. The van der Waals surface area contributed by atoms with Gasteiger partial charge in [0.15, 0.2) is 0 Å². The highest BCUT2D eigenvalue weighted by Gasteiger charge is 2.69. The molecular weight excluding hydrogens is 547 g/mol. The van der Waals surface area contributed by atoms with E-state index in [1.807, 2.05) is 42.2 Å². The molecule has 5 rings (SSSR count). The first-order valence-corrected chi connectivity index (χ1v) is 15.2. The first-order valence-electron chi connectivity index (χ1n) is 13.0. The molecule has 0 radical (unpaired) electrons. The van der Waals surface area contributed by atoms with E-state index in [0.717, 1.165) is 11.1 Å². The lowest BCUT2D eigenvalue weighted by molar-refractivity contribution is -0.153. The number of halogens is 2. The molecule has 2 aliphatic carbocycles. The first-order chi connectivity index (χ1) is 18.0. The normalized spacial score (nSPS) is 28.1. The fourth-order valence-electron chi connectivity index (χ4n) is 6.08. The van der Waals surface area contributed by atoms with Crippen LogP contribution in [0.15, 0.2) is 48.5 Å². The monoisotopic (exact) mass is 578 g/mol. The number of nitrogens with zero attached hydrogens (tertiary/aromatic N) is 2. The number of carboxylic acids is 1. The maximum atomic E-state index is 14.2. The number of aliphatic carboxylic acids is 1.